The first kappa shape index (κ1) is 25.6. The van der Waals surface area contributed by atoms with Crippen LogP contribution in [0.4, 0.5) is 0 Å². The van der Waals surface area contributed by atoms with Crippen LogP contribution in [-0.4, -0.2) is 122 Å². The molecule has 2 saturated heterocycles. The molecule has 4 unspecified atom stereocenters. The van der Waals surface area contributed by atoms with Gasteiger partial charge in [0.25, 0.3) is 0 Å². The molecule has 2 aliphatic heterocycles. The van der Waals surface area contributed by atoms with E-state index in [9.17, 15) is 9.67 Å². The Labute approximate surface area is 189 Å². The van der Waals surface area contributed by atoms with E-state index in [-0.39, 0.29) is 6.10 Å². The standard InChI is InChI=1S/C22H45N4O4P/c1-3-29-31(28,30-4-2)20-26-17-13-23-9-10-24(14-18-26)12-16-25(15-11-23)19-21-7-5-6-8-22(21)27/h21-22,27H,3-20H2,1-2H3. The Balaban J connectivity index is 1.58. The van der Waals surface area contributed by atoms with E-state index in [0.717, 1.165) is 78.4 Å². The molecule has 0 aromatic rings. The molecule has 2 bridgehead atoms. The molecule has 31 heavy (non-hydrogen) atoms. The summed E-state index contributed by atoms with van der Waals surface area (Å²) in [5.41, 5.74) is 0. The molecule has 0 radical (unpaired) electrons. The van der Waals surface area contributed by atoms with Crippen LogP contribution in [0, 0.1) is 5.92 Å². The molecule has 8 nitrogen and oxygen atoms in total. The van der Waals surface area contributed by atoms with Crippen LogP contribution in [0.3, 0.4) is 0 Å². The molecule has 3 fully saturated rings. The van der Waals surface area contributed by atoms with E-state index in [1.54, 1.807) is 0 Å². The van der Waals surface area contributed by atoms with Crippen molar-refractivity contribution in [1.29, 1.82) is 0 Å². The average molecular weight is 461 g/mol. The largest absolute Gasteiger partial charge is 0.393 e. The number of aliphatic hydroxyl groups is 1. The Morgan fingerprint density at radius 1 is 0.774 bits per heavy atom. The fourth-order valence-electron chi connectivity index (χ4n) is 5.12. The van der Waals surface area contributed by atoms with Crippen LogP contribution in [0.25, 0.3) is 0 Å². The third-order valence-electron chi connectivity index (χ3n) is 7.05. The van der Waals surface area contributed by atoms with E-state index in [1.165, 1.54) is 19.3 Å². The van der Waals surface area contributed by atoms with Gasteiger partial charge in [0.05, 0.1) is 19.3 Å². The van der Waals surface area contributed by atoms with Crippen LogP contribution in [0.1, 0.15) is 39.5 Å². The number of hydrogen-bond donors (Lipinski definition) is 1. The third kappa shape index (κ3) is 8.35. The summed E-state index contributed by atoms with van der Waals surface area (Å²) in [6.07, 6.45) is 4.83. The summed E-state index contributed by atoms with van der Waals surface area (Å²) in [4.78, 5) is 9.96. The van der Waals surface area contributed by atoms with Crippen molar-refractivity contribution in [1.82, 2.24) is 19.6 Å². The number of aliphatic hydroxyl groups excluding tert-OH is 1. The van der Waals surface area contributed by atoms with Crippen LogP contribution >= 0.6 is 7.60 Å². The Morgan fingerprint density at radius 2 is 1.26 bits per heavy atom. The minimum atomic E-state index is -3.06. The molecule has 1 aliphatic carbocycles. The molecule has 3 rings (SSSR count). The molecule has 1 N–H and O–H groups in total. The van der Waals surface area contributed by atoms with Gasteiger partial charge in [0.1, 0.15) is 6.29 Å². The third-order valence-corrected chi connectivity index (χ3v) is 9.10. The molecule has 0 aromatic carbocycles. The van der Waals surface area contributed by atoms with Gasteiger partial charge in [-0.25, -0.2) is 0 Å². The van der Waals surface area contributed by atoms with Crippen molar-refractivity contribution in [3.63, 3.8) is 0 Å². The number of rotatable bonds is 8. The molecule has 2 heterocycles. The van der Waals surface area contributed by atoms with Gasteiger partial charge in [0.15, 0.2) is 0 Å². The smallest absolute Gasteiger partial charge is 0.344 e. The van der Waals surface area contributed by atoms with Crippen molar-refractivity contribution in [3.05, 3.63) is 0 Å². The Hall–Kier alpha value is -0.0500. The van der Waals surface area contributed by atoms with Crippen LogP contribution in [0.15, 0.2) is 0 Å². The van der Waals surface area contributed by atoms with Crippen molar-refractivity contribution in [3.8, 4) is 0 Å². The zero-order chi connectivity index (χ0) is 22.1. The highest BCUT2D eigenvalue weighted by Gasteiger charge is 2.30. The summed E-state index contributed by atoms with van der Waals surface area (Å²) < 4.78 is 24.1. The monoisotopic (exact) mass is 460 g/mol. The summed E-state index contributed by atoms with van der Waals surface area (Å²) in [6, 6.07) is 0. The SMILES string of the molecule is CCOP(=O)(CN1CCN2CCN(CCN(CC3CCCCC3O)CC2)CC1)OCC. The predicted octanol–water partition coefficient (Wildman–Crippen LogP) is 2.00. The maximum atomic E-state index is 13.1. The van der Waals surface area contributed by atoms with Crippen molar-refractivity contribution < 1.29 is 18.7 Å². The molecular weight excluding hydrogens is 415 g/mol. The quantitative estimate of drug-likeness (QED) is 0.552. The predicted molar refractivity (Wildman–Crippen MR) is 125 cm³/mol. The fraction of sp³-hybridized carbons (Fsp3) is 1.00. The van der Waals surface area contributed by atoms with Crippen LogP contribution in [0.2, 0.25) is 0 Å². The Bertz CT molecular complexity index is 540. The molecule has 9 heteroatoms. The van der Waals surface area contributed by atoms with Crippen molar-refractivity contribution in [2.45, 2.75) is 45.6 Å². The second kappa shape index (κ2) is 13.0. The van der Waals surface area contributed by atoms with Crippen molar-refractivity contribution in [2.75, 3.05) is 91.5 Å². The molecule has 1 saturated carbocycles. The lowest BCUT2D eigenvalue weighted by Crippen LogP contribution is -2.45. The zero-order valence-corrected chi connectivity index (χ0v) is 20.7. The minimum Gasteiger partial charge on any atom is -0.393 e. The maximum absolute atomic E-state index is 13.1. The highest BCUT2D eigenvalue weighted by Crippen LogP contribution is 2.48. The topological polar surface area (TPSA) is 68.7 Å². The van der Waals surface area contributed by atoms with Crippen LogP contribution in [-0.2, 0) is 13.6 Å². The lowest BCUT2D eigenvalue weighted by molar-refractivity contribution is 0.0433. The van der Waals surface area contributed by atoms with Crippen LogP contribution in [0.5, 0.6) is 0 Å². The summed E-state index contributed by atoms with van der Waals surface area (Å²) in [5.74, 6) is 0.436. The van der Waals surface area contributed by atoms with Crippen LogP contribution < -0.4 is 0 Å². The van der Waals surface area contributed by atoms with Gasteiger partial charge in [-0.15, -0.1) is 0 Å². The summed E-state index contributed by atoms with van der Waals surface area (Å²) in [6.45, 7) is 15.7. The molecular formula is C22H45N4O4P. The maximum Gasteiger partial charge on any atom is 0.344 e. The van der Waals surface area contributed by atoms with Gasteiger partial charge in [-0.1, -0.05) is 12.8 Å². The number of nitrogens with zero attached hydrogens (tertiary/aromatic N) is 4. The zero-order valence-electron chi connectivity index (χ0n) is 19.8. The molecule has 0 aromatic heterocycles. The first-order valence-corrected chi connectivity index (χ1v) is 14.2. The van der Waals surface area contributed by atoms with E-state index in [1.807, 2.05) is 13.8 Å². The first-order chi connectivity index (χ1) is 15.0. The van der Waals surface area contributed by atoms with E-state index in [2.05, 4.69) is 19.6 Å². The molecule has 4 atom stereocenters. The van der Waals surface area contributed by atoms with Gasteiger partial charge in [-0.2, -0.15) is 0 Å². The second-order valence-electron chi connectivity index (χ2n) is 9.30. The Kier molecular flexibility index (Phi) is 10.7. The van der Waals surface area contributed by atoms with Gasteiger partial charge in [0, 0.05) is 72.0 Å². The van der Waals surface area contributed by atoms with E-state index < -0.39 is 7.60 Å². The molecule has 182 valence electrons. The van der Waals surface area contributed by atoms with Crippen molar-refractivity contribution in [2.24, 2.45) is 5.92 Å². The highest BCUT2D eigenvalue weighted by atomic mass is 31.2. The molecule has 0 spiro atoms. The lowest BCUT2D eigenvalue weighted by atomic mass is 9.86. The highest BCUT2D eigenvalue weighted by molar-refractivity contribution is 7.53. The fourth-order valence-corrected chi connectivity index (χ4v) is 6.92. The van der Waals surface area contributed by atoms with Gasteiger partial charge in [-0.3, -0.25) is 19.3 Å². The summed E-state index contributed by atoms with van der Waals surface area (Å²) in [5, 5.41) is 10.4. The van der Waals surface area contributed by atoms with Gasteiger partial charge in [-0.05, 0) is 32.6 Å². The first-order valence-electron chi connectivity index (χ1n) is 12.5. The van der Waals surface area contributed by atoms with Gasteiger partial charge >= 0.3 is 7.60 Å². The molecule has 0 amide bonds. The lowest BCUT2D eigenvalue weighted by Gasteiger charge is -2.35. The van der Waals surface area contributed by atoms with Gasteiger partial charge in [0.2, 0.25) is 0 Å². The van der Waals surface area contributed by atoms with E-state index >= 15 is 0 Å². The van der Waals surface area contributed by atoms with E-state index in [4.69, 9.17) is 9.05 Å². The normalized spacial score (nSPS) is 32.5. The van der Waals surface area contributed by atoms with Gasteiger partial charge < -0.3 is 19.1 Å². The minimum absolute atomic E-state index is 0.118. The van der Waals surface area contributed by atoms with Crippen molar-refractivity contribution >= 4 is 7.60 Å². The summed E-state index contributed by atoms with van der Waals surface area (Å²) >= 11 is 0. The van der Waals surface area contributed by atoms with E-state index in [0.29, 0.717) is 25.4 Å². The summed E-state index contributed by atoms with van der Waals surface area (Å²) in [7, 11) is -3.06. The Morgan fingerprint density at radius 3 is 1.77 bits per heavy atom. The number of fused-ring (bicyclic) bond motifs is 3. The number of hydrogen-bond acceptors (Lipinski definition) is 8. The average Bonchev–Trinajstić information content (AvgIpc) is 2.89. The molecule has 3 aliphatic rings. The second-order valence-corrected chi connectivity index (χ2v) is 11.3.